The molecule has 0 saturated heterocycles. The molecule has 0 spiro atoms. The highest BCUT2D eigenvalue weighted by Gasteiger charge is 2.25. The standard InChI is InChI=1S/C40H68NO8P/c1-3-5-7-9-11-12-13-14-15-16-17-18-19-20-21-22-23-24-25-26-27-29-31-33-40(43)49-38(37-48-50(44,45)47-35-34-41)36-46-39(42)32-30-28-10-8-6-4-2/h5,7,11-12,14-15,17-18,20-21,23-24,38H,3-4,6,8-10,13,16,19,22,25-37,41H2,1-2H3,(H,44,45)/b7-5-,12-11-,15-14-,18-17-,21-20-,24-23-. The zero-order chi connectivity index (χ0) is 36.8. The van der Waals surface area contributed by atoms with Crippen LogP contribution in [0.15, 0.2) is 72.9 Å². The fraction of sp³-hybridized carbons (Fsp3) is 0.650. The van der Waals surface area contributed by atoms with Gasteiger partial charge in [0.05, 0.1) is 13.2 Å². The Bertz CT molecular complexity index is 1050. The molecule has 0 radical (unpaired) electrons. The summed E-state index contributed by atoms with van der Waals surface area (Å²) in [7, 11) is -4.37. The molecule has 10 heteroatoms. The molecule has 0 amide bonds. The third-order valence-corrected chi connectivity index (χ3v) is 8.34. The van der Waals surface area contributed by atoms with Crippen molar-refractivity contribution in [2.75, 3.05) is 26.4 Å². The van der Waals surface area contributed by atoms with E-state index < -0.39 is 32.5 Å². The maximum absolute atomic E-state index is 12.5. The summed E-state index contributed by atoms with van der Waals surface area (Å²) < 4.78 is 32.5. The number of ether oxygens (including phenoxy) is 2. The number of nitrogens with two attached hydrogens (primary N) is 1. The van der Waals surface area contributed by atoms with E-state index >= 15 is 0 Å². The lowest BCUT2D eigenvalue weighted by Gasteiger charge is -2.19. The minimum absolute atomic E-state index is 0.0454. The topological polar surface area (TPSA) is 134 Å². The van der Waals surface area contributed by atoms with Crippen molar-refractivity contribution in [3.05, 3.63) is 72.9 Å². The molecular formula is C40H68NO8P. The Morgan fingerprint density at radius 2 is 1.10 bits per heavy atom. The van der Waals surface area contributed by atoms with Crippen molar-refractivity contribution in [3.63, 3.8) is 0 Å². The number of phosphoric acid groups is 1. The van der Waals surface area contributed by atoms with Gasteiger partial charge in [0, 0.05) is 19.4 Å². The Labute approximate surface area is 303 Å². The smallest absolute Gasteiger partial charge is 0.462 e. The average molecular weight is 722 g/mol. The van der Waals surface area contributed by atoms with Crippen LogP contribution in [-0.4, -0.2) is 49.3 Å². The number of carbonyl (C=O) groups excluding carboxylic acids is 2. The minimum Gasteiger partial charge on any atom is -0.462 e. The summed E-state index contributed by atoms with van der Waals surface area (Å²) in [5.74, 6) is -0.877. The SMILES string of the molecule is CC/C=C\C/C=C\C/C=C\C/C=C\C/C=C\C/C=C\CCCCCCC(=O)OC(COC(=O)CCCCCCCC)COP(=O)(O)OCCN. The van der Waals surface area contributed by atoms with Gasteiger partial charge >= 0.3 is 19.8 Å². The van der Waals surface area contributed by atoms with E-state index in [1.807, 2.05) is 0 Å². The van der Waals surface area contributed by atoms with Crippen LogP contribution < -0.4 is 5.73 Å². The predicted molar refractivity (Wildman–Crippen MR) is 206 cm³/mol. The number of unbranched alkanes of at least 4 members (excludes halogenated alkanes) is 9. The molecule has 9 nitrogen and oxygen atoms in total. The molecule has 50 heavy (non-hydrogen) atoms. The second kappa shape index (κ2) is 36.2. The number of phosphoric ester groups is 1. The molecule has 286 valence electrons. The van der Waals surface area contributed by atoms with Crippen molar-refractivity contribution in [3.8, 4) is 0 Å². The molecule has 0 saturated carbocycles. The number of hydrogen-bond donors (Lipinski definition) is 2. The van der Waals surface area contributed by atoms with E-state index in [9.17, 15) is 19.0 Å². The van der Waals surface area contributed by atoms with Crippen LogP contribution in [-0.2, 0) is 32.7 Å². The third kappa shape index (κ3) is 35.3. The Balaban J connectivity index is 4.18. The summed E-state index contributed by atoms with van der Waals surface area (Å²) in [4.78, 5) is 34.5. The molecule has 0 rings (SSSR count). The summed E-state index contributed by atoms with van der Waals surface area (Å²) in [5.41, 5.74) is 5.31. The Morgan fingerprint density at radius 3 is 1.64 bits per heavy atom. The van der Waals surface area contributed by atoms with Crippen molar-refractivity contribution < 1.29 is 37.6 Å². The van der Waals surface area contributed by atoms with Crippen molar-refractivity contribution in [2.45, 2.75) is 142 Å². The highest BCUT2D eigenvalue weighted by Crippen LogP contribution is 2.43. The molecule has 0 aromatic rings. The Kier molecular flexibility index (Phi) is 34.4. The molecule has 0 aliphatic rings. The van der Waals surface area contributed by atoms with Gasteiger partial charge in [-0.1, -0.05) is 132 Å². The number of rotatable bonds is 34. The van der Waals surface area contributed by atoms with E-state index in [1.54, 1.807) is 0 Å². The highest BCUT2D eigenvalue weighted by molar-refractivity contribution is 7.47. The van der Waals surface area contributed by atoms with Gasteiger partial charge in [-0.2, -0.15) is 0 Å². The van der Waals surface area contributed by atoms with Gasteiger partial charge in [0.2, 0.25) is 0 Å². The van der Waals surface area contributed by atoms with Gasteiger partial charge in [-0.3, -0.25) is 18.6 Å². The van der Waals surface area contributed by atoms with Gasteiger partial charge in [-0.25, -0.2) is 4.57 Å². The molecule has 3 N–H and O–H groups in total. The van der Waals surface area contributed by atoms with E-state index in [4.69, 9.17) is 24.3 Å². The fourth-order valence-electron chi connectivity index (χ4n) is 4.58. The first kappa shape index (κ1) is 47.4. The third-order valence-electron chi connectivity index (χ3n) is 7.36. The van der Waals surface area contributed by atoms with Gasteiger partial charge < -0.3 is 20.1 Å². The lowest BCUT2D eigenvalue weighted by Crippen LogP contribution is -2.29. The van der Waals surface area contributed by atoms with Crippen LogP contribution in [0, 0.1) is 0 Å². The zero-order valence-electron chi connectivity index (χ0n) is 31.1. The predicted octanol–water partition coefficient (Wildman–Crippen LogP) is 10.3. The Morgan fingerprint density at radius 1 is 0.620 bits per heavy atom. The molecule has 2 unspecified atom stereocenters. The summed E-state index contributed by atoms with van der Waals surface area (Å²) in [5, 5.41) is 0. The molecule has 0 aliphatic carbocycles. The second-order valence-corrected chi connectivity index (χ2v) is 13.5. The van der Waals surface area contributed by atoms with Crippen LogP contribution in [0.5, 0.6) is 0 Å². The van der Waals surface area contributed by atoms with Gasteiger partial charge in [-0.15, -0.1) is 0 Å². The van der Waals surface area contributed by atoms with E-state index in [1.165, 1.54) is 6.42 Å². The van der Waals surface area contributed by atoms with E-state index in [2.05, 4.69) is 86.8 Å². The largest absolute Gasteiger partial charge is 0.472 e. The molecule has 2 atom stereocenters. The van der Waals surface area contributed by atoms with Crippen molar-refractivity contribution in [1.82, 2.24) is 0 Å². The average Bonchev–Trinajstić information content (AvgIpc) is 3.10. The van der Waals surface area contributed by atoms with Crippen LogP contribution in [0.1, 0.15) is 136 Å². The number of esters is 2. The van der Waals surface area contributed by atoms with Crippen LogP contribution in [0.4, 0.5) is 0 Å². The fourth-order valence-corrected chi connectivity index (χ4v) is 5.34. The molecule has 0 fully saturated rings. The zero-order valence-corrected chi connectivity index (χ0v) is 32.0. The Hall–Kier alpha value is -2.55. The normalized spacial score (nSPS) is 14.2. The van der Waals surface area contributed by atoms with E-state index in [0.29, 0.717) is 6.42 Å². The van der Waals surface area contributed by atoms with Crippen LogP contribution in [0.3, 0.4) is 0 Å². The first-order valence-electron chi connectivity index (χ1n) is 18.9. The maximum Gasteiger partial charge on any atom is 0.472 e. The van der Waals surface area contributed by atoms with E-state index in [-0.39, 0.29) is 32.6 Å². The van der Waals surface area contributed by atoms with Crippen molar-refractivity contribution in [2.24, 2.45) is 5.73 Å². The number of allylic oxidation sites excluding steroid dienone is 12. The molecule has 0 aliphatic heterocycles. The summed E-state index contributed by atoms with van der Waals surface area (Å²) >= 11 is 0. The van der Waals surface area contributed by atoms with Crippen LogP contribution in [0.25, 0.3) is 0 Å². The summed E-state index contributed by atoms with van der Waals surface area (Å²) in [6.07, 6.45) is 42.5. The second-order valence-electron chi connectivity index (χ2n) is 12.1. The lowest BCUT2D eigenvalue weighted by atomic mass is 10.1. The maximum atomic E-state index is 12.5. The lowest BCUT2D eigenvalue weighted by molar-refractivity contribution is -0.161. The first-order chi connectivity index (χ1) is 24.3. The summed E-state index contributed by atoms with van der Waals surface area (Å²) in [6.45, 7) is 3.48. The monoisotopic (exact) mass is 721 g/mol. The summed E-state index contributed by atoms with van der Waals surface area (Å²) in [6, 6.07) is 0. The van der Waals surface area contributed by atoms with Gasteiger partial charge in [0.1, 0.15) is 6.61 Å². The quantitative estimate of drug-likeness (QED) is 0.0288. The number of carbonyl (C=O) groups is 2. The van der Waals surface area contributed by atoms with Gasteiger partial charge in [0.15, 0.2) is 6.10 Å². The molecular weight excluding hydrogens is 653 g/mol. The minimum atomic E-state index is -4.37. The molecule has 0 aromatic carbocycles. The van der Waals surface area contributed by atoms with E-state index in [0.717, 1.165) is 96.3 Å². The van der Waals surface area contributed by atoms with Crippen molar-refractivity contribution >= 4 is 19.8 Å². The highest BCUT2D eigenvalue weighted by atomic mass is 31.2. The molecule has 0 heterocycles. The van der Waals surface area contributed by atoms with Gasteiger partial charge in [-0.05, 0) is 64.2 Å². The van der Waals surface area contributed by atoms with Crippen LogP contribution in [0.2, 0.25) is 0 Å². The number of hydrogen-bond acceptors (Lipinski definition) is 8. The molecule has 0 aromatic heterocycles. The first-order valence-corrected chi connectivity index (χ1v) is 20.4. The van der Waals surface area contributed by atoms with Crippen molar-refractivity contribution in [1.29, 1.82) is 0 Å². The van der Waals surface area contributed by atoms with Gasteiger partial charge in [0.25, 0.3) is 0 Å². The molecule has 0 bridgehead atoms. The van der Waals surface area contributed by atoms with Crippen LogP contribution >= 0.6 is 7.82 Å².